The third-order valence-electron chi connectivity index (χ3n) is 4.30. The second-order valence-corrected chi connectivity index (χ2v) is 7.88. The number of nitrogens with two attached hydrogens (primary N) is 1. The minimum absolute atomic E-state index is 0.188. The van der Waals surface area contributed by atoms with E-state index in [0.29, 0.717) is 27.5 Å². The second-order valence-electron chi connectivity index (χ2n) is 6.88. The highest BCUT2D eigenvalue weighted by Gasteiger charge is 2.31. The summed E-state index contributed by atoms with van der Waals surface area (Å²) in [6.45, 7) is 4.24. The molecule has 0 saturated carbocycles. The van der Waals surface area contributed by atoms with Gasteiger partial charge in [0.15, 0.2) is 5.95 Å². The Morgan fingerprint density at radius 1 is 1.25 bits per heavy atom. The molecule has 0 aliphatic heterocycles. The average molecular weight is 394 g/mol. The van der Waals surface area contributed by atoms with Gasteiger partial charge in [-0.1, -0.05) is 32.0 Å². The fourth-order valence-corrected chi connectivity index (χ4v) is 4.08. The lowest BCUT2D eigenvalue weighted by Crippen LogP contribution is -2.39. The molecule has 0 aliphatic carbocycles. The molecule has 0 radical (unpaired) electrons. The van der Waals surface area contributed by atoms with Crippen LogP contribution in [0.3, 0.4) is 0 Å². The molecule has 0 fully saturated rings. The molecule has 0 unspecified atom stereocenters. The van der Waals surface area contributed by atoms with Gasteiger partial charge in [0.2, 0.25) is 5.69 Å². The fourth-order valence-electron chi connectivity index (χ4n) is 3.03. The first-order valence-corrected chi connectivity index (χ1v) is 9.64. The van der Waals surface area contributed by atoms with E-state index < -0.39 is 11.7 Å². The number of aromatic nitrogens is 3. The van der Waals surface area contributed by atoms with E-state index in [1.807, 2.05) is 18.2 Å². The molecule has 0 atom stereocenters. The topological polar surface area (TPSA) is 109 Å². The number of nitrogens with zero attached hydrogens (tertiary/aromatic N) is 3. The van der Waals surface area contributed by atoms with Crippen molar-refractivity contribution in [2.75, 3.05) is 5.73 Å². The van der Waals surface area contributed by atoms with Crippen molar-refractivity contribution in [2.45, 2.75) is 20.3 Å². The Kier molecular flexibility index (Phi) is 4.56. The molecule has 3 heterocycles. The molecule has 0 saturated heterocycles. The number of nitrogen functional groups attached to an aromatic ring is 1. The van der Waals surface area contributed by atoms with E-state index in [0.717, 1.165) is 12.1 Å². The summed E-state index contributed by atoms with van der Waals surface area (Å²) in [5.41, 5.74) is 7.84. The second kappa shape index (κ2) is 7.05. The number of fused-ring (bicyclic) bond motifs is 1. The monoisotopic (exact) mass is 394 g/mol. The van der Waals surface area contributed by atoms with Crippen molar-refractivity contribution >= 4 is 33.0 Å². The highest BCUT2D eigenvalue weighted by Crippen LogP contribution is 2.35. The zero-order valence-electron chi connectivity index (χ0n) is 15.4. The summed E-state index contributed by atoms with van der Waals surface area (Å²) in [7, 11) is 0. The Morgan fingerprint density at radius 3 is 2.71 bits per heavy atom. The van der Waals surface area contributed by atoms with Gasteiger partial charge in [-0.15, -0.1) is 11.3 Å². The van der Waals surface area contributed by atoms with Gasteiger partial charge in [0.05, 0.1) is 11.0 Å². The van der Waals surface area contributed by atoms with Crippen molar-refractivity contribution in [1.29, 1.82) is 0 Å². The van der Waals surface area contributed by atoms with Crippen molar-refractivity contribution in [3.8, 4) is 11.6 Å². The van der Waals surface area contributed by atoms with E-state index >= 15 is 0 Å². The van der Waals surface area contributed by atoms with Crippen LogP contribution in [0.5, 0.6) is 5.95 Å². The van der Waals surface area contributed by atoms with Crippen molar-refractivity contribution < 1.29 is 19.1 Å². The van der Waals surface area contributed by atoms with Gasteiger partial charge < -0.3 is 15.4 Å². The molecule has 0 aliphatic rings. The number of benzene rings is 1. The quantitative estimate of drug-likeness (QED) is 0.412. The van der Waals surface area contributed by atoms with Gasteiger partial charge in [0.1, 0.15) is 9.71 Å². The Balaban J connectivity index is 1.80. The number of carbonyl (C=O) groups excluding carboxylic acids is 1. The summed E-state index contributed by atoms with van der Waals surface area (Å²) in [5, 5.41) is 16.6. The van der Waals surface area contributed by atoms with Crippen LogP contribution in [-0.4, -0.2) is 16.0 Å². The summed E-state index contributed by atoms with van der Waals surface area (Å²) >= 11 is 1.18. The van der Waals surface area contributed by atoms with E-state index in [9.17, 15) is 9.90 Å². The predicted molar refractivity (Wildman–Crippen MR) is 103 cm³/mol. The number of anilines is 1. The van der Waals surface area contributed by atoms with Gasteiger partial charge in [-0.2, -0.15) is 0 Å². The maximum Gasteiger partial charge on any atom is 0.312 e. The molecule has 142 valence electrons. The first-order chi connectivity index (χ1) is 13.5. The van der Waals surface area contributed by atoms with Crippen LogP contribution in [0.2, 0.25) is 0 Å². The predicted octanol–water partition coefficient (Wildman–Crippen LogP) is 2.65. The zero-order valence-corrected chi connectivity index (χ0v) is 16.2. The molecule has 4 aromatic rings. The van der Waals surface area contributed by atoms with Crippen molar-refractivity contribution in [3.63, 3.8) is 0 Å². The maximum absolute atomic E-state index is 13.2. The normalized spacial score (nSPS) is 11.4. The largest absolute Gasteiger partial charge is 0.539 e. The van der Waals surface area contributed by atoms with E-state index in [4.69, 9.17) is 10.3 Å². The summed E-state index contributed by atoms with van der Waals surface area (Å²) < 4.78 is 5.95. The Bertz CT molecular complexity index is 1170. The van der Waals surface area contributed by atoms with Gasteiger partial charge in [0.25, 0.3) is 5.78 Å². The SMILES string of the molecule is CC(C)Cc1ccc2c(N)c(C(=O)c3c([O-])on[n+]3-c3ccccc3)sc2n1. The van der Waals surface area contributed by atoms with Crippen LogP contribution in [0, 0.1) is 5.92 Å². The number of ketones is 1. The van der Waals surface area contributed by atoms with Crippen LogP contribution >= 0.6 is 11.3 Å². The minimum atomic E-state index is -0.806. The first kappa shape index (κ1) is 18.1. The Morgan fingerprint density at radius 2 is 2.00 bits per heavy atom. The van der Waals surface area contributed by atoms with Gasteiger partial charge in [-0.05, 0) is 29.2 Å². The molecule has 2 N–H and O–H groups in total. The highest BCUT2D eigenvalue weighted by molar-refractivity contribution is 7.21. The standard InChI is InChI=1S/C20H18N4O3S/c1-11(2)10-12-8-9-14-15(21)18(28-19(14)22-12)17(25)16-20(26)27-23-24(16)13-6-4-3-5-7-13/h3-9,11H,10H2,1-2H3,(H2-,21,23,25,26). The van der Waals surface area contributed by atoms with Gasteiger partial charge in [0, 0.05) is 23.2 Å². The van der Waals surface area contributed by atoms with Crippen molar-refractivity contribution in [2.24, 2.45) is 5.92 Å². The number of carbonyl (C=O) groups is 1. The number of para-hydroxylation sites is 1. The fraction of sp³-hybridized carbons (Fsp3) is 0.200. The van der Waals surface area contributed by atoms with Crippen LogP contribution < -0.4 is 15.5 Å². The third-order valence-corrected chi connectivity index (χ3v) is 5.42. The van der Waals surface area contributed by atoms with E-state index in [1.165, 1.54) is 16.0 Å². The highest BCUT2D eigenvalue weighted by atomic mass is 32.1. The molecule has 8 heteroatoms. The van der Waals surface area contributed by atoms with E-state index in [1.54, 1.807) is 24.3 Å². The minimum Gasteiger partial charge on any atom is -0.539 e. The number of hydrogen-bond acceptors (Lipinski definition) is 7. The summed E-state index contributed by atoms with van der Waals surface area (Å²) in [6.07, 6.45) is 0.835. The van der Waals surface area contributed by atoms with Crippen LogP contribution in [0.25, 0.3) is 15.9 Å². The number of thiophene rings is 1. The molecular formula is C20H18N4O3S. The molecule has 1 aromatic carbocycles. The van der Waals surface area contributed by atoms with Crippen LogP contribution in [-0.2, 0) is 6.42 Å². The summed E-state index contributed by atoms with van der Waals surface area (Å²) in [6, 6.07) is 12.6. The number of rotatable bonds is 5. The maximum atomic E-state index is 13.2. The van der Waals surface area contributed by atoms with Gasteiger partial charge in [-0.3, -0.25) is 4.79 Å². The lowest BCUT2D eigenvalue weighted by Gasteiger charge is -2.03. The van der Waals surface area contributed by atoms with Crippen LogP contribution in [0.15, 0.2) is 47.0 Å². The van der Waals surface area contributed by atoms with E-state index in [2.05, 4.69) is 24.1 Å². The van der Waals surface area contributed by atoms with Crippen LogP contribution in [0.1, 0.15) is 34.9 Å². The summed E-state index contributed by atoms with van der Waals surface area (Å²) in [5.74, 6) is -0.867. The van der Waals surface area contributed by atoms with Crippen LogP contribution in [0.4, 0.5) is 5.69 Å². The molecule has 0 spiro atoms. The Labute approximate surface area is 165 Å². The number of pyridine rings is 1. The van der Waals surface area contributed by atoms with Gasteiger partial charge in [-0.25, -0.2) is 4.98 Å². The van der Waals surface area contributed by atoms with Gasteiger partial charge >= 0.3 is 5.69 Å². The Hall–Kier alpha value is -3.26. The first-order valence-electron chi connectivity index (χ1n) is 8.82. The smallest absolute Gasteiger partial charge is 0.312 e. The lowest BCUT2D eigenvalue weighted by molar-refractivity contribution is -0.672. The number of hydrogen-bond donors (Lipinski definition) is 1. The van der Waals surface area contributed by atoms with Crippen molar-refractivity contribution in [3.05, 3.63) is 58.7 Å². The summed E-state index contributed by atoms with van der Waals surface area (Å²) in [4.78, 5) is 18.7. The average Bonchev–Trinajstić information content (AvgIpc) is 3.21. The molecule has 7 nitrogen and oxygen atoms in total. The third kappa shape index (κ3) is 3.11. The molecule has 4 rings (SSSR count). The van der Waals surface area contributed by atoms with E-state index in [-0.39, 0.29) is 10.6 Å². The molecule has 28 heavy (non-hydrogen) atoms. The zero-order chi connectivity index (χ0) is 19.8. The molecule has 3 aromatic heterocycles. The molecule has 0 amide bonds. The molecule has 0 bridgehead atoms. The lowest BCUT2D eigenvalue weighted by atomic mass is 10.1. The van der Waals surface area contributed by atoms with Crippen molar-refractivity contribution in [1.82, 2.24) is 10.3 Å². The molecular weight excluding hydrogens is 376 g/mol.